The van der Waals surface area contributed by atoms with Crippen LogP contribution in [0.1, 0.15) is 33.6 Å². The first kappa shape index (κ1) is 20.4. The summed E-state index contributed by atoms with van der Waals surface area (Å²) < 4.78 is 0. The van der Waals surface area contributed by atoms with Crippen molar-refractivity contribution in [1.82, 2.24) is 15.5 Å². The molecule has 2 aliphatic rings. The van der Waals surface area contributed by atoms with Crippen molar-refractivity contribution in [2.24, 2.45) is 16.8 Å². The molecule has 0 amide bonds. The number of halogens is 1. The smallest absolute Gasteiger partial charge is 0.191 e. The predicted octanol–water partition coefficient (Wildman–Crippen LogP) is 2.64. The Morgan fingerprint density at radius 1 is 1.27 bits per heavy atom. The molecular formula is C16H33IN4S. The molecule has 0 aromatic heterocycles. The SMILES string of the molecule is CN=C(NCC1CCSCC1)NC1CN(C(C)C)CC1C.I. The Hall–Kier alpha value is 0.310. The predicted molar refractivity (Wildman–Crippen MR) is 110 cm³/mol. The summed E-state index contributed by atoms with van der Waals surface area (Å²) in [5.41, 5.74) is 0. The number of thioether (sulfide) groups is 1. The number of nitrogens with zero attached hydrogens (tertiary/aromatic N) is 2. The first-order valence-corrected chi connectivity index (χ1v) is 9.54. The lowest BCUT2D eigenvalue weighted by Crippen LogP contribution is -2.48. The van der Waals surface area contributed by atoms with Gasteiger partial charge in [-0.25, -0.2) is 0 Å². The Bertz CT molecular complexity index is 345. The van der Waals surface area contributed by atoms with Crippen LogP contribution in [0.25, 0.3) is 0 Å². The van der Waals surface area contributed by atoms with Gasteiger partial charge in [0.25, 0.3) is 0 Å². The summed E-state index contributed by atoms with van der Waals surface area (Å²) in [7, 11) is 1.88. The van der Waals surface area contributed by atoms with Gasteiger partial charge in [-0.3, -0.25) is 9.89 Å². The third-order valence-corrected chi connectivity index (χ3v) is 5.86. The number of likely N-dealkylation sites (tertiary alicyclic amines) is 1. The summed E-state index contributed by atoms with van der Waals surface area (Å²) in [6.45, 7) is 10.3. The van der Waals surface area contributed by atoms with E-state index in [4.69, 9.17) is 0 Å². The van der Waals surface area contributed by atoms with Crippen LogP contribution in [-0.4, -0.2) is 61.1 Å². The summed E-state index contributed by atoms with van der Waals surface area (Å²) in [6.07, 6.45) is 2.69. The zero-order valence-corrected chi connectivity index (χ0v) is 17.6. The van der Waals surface area contributed by atoms with Gasteiger partial charge in [-0.2, -0.15) is 11.8 Å². The molecule has 0 radical (unpaired) electrons. The molecule has 0 bridgehead atoms. The molecule has 0 aliphatic carbocycles. The third kappa shape index (κ3) is 6.07. The maximum atomic E-state index is 4.41. The fourth-order valence-corrected chi connectivity index (χ4v) is 4.38. The van der Waals surface area contributed by atoms with Crippen molar-refractivity contribution in [2.75, 3.05) is 38.2 Å². The molecule has 130 valence electrons. The number of hydrogen-bond donors (Lipinski definition) is 2. The number of rotatable bonds is 4. The molecule has 2 heterocycles. The van der Waals surface area contributed by atoms with Gasteiger partial charge in [0, 0.05) is 38.8 Å². The van der Waals surface area contributed by atoms with Crippen LogP contribution >= 0.6 is 35.7 Å². The molecule has 6 heteroatoms. The summed E-state index contributed by atoms with van der Waals surface area (Å²) in [4.78, 5) is 6.96. The molecule has 0 aromatic rings. The van der Waals surface area contributed by atoms with Crippen LogP contribution in [0.4, 0.5) is 0 Å². The van der Waals surface area contributed by atoms with Gasteiger partial charge < -0.3 is 10.6 Å². The first-order chi connectivity index (χ1) is 10.1. The van der Waals surface area contributed by atoms with E-state index in [2.05, 4.69) is 53.1 Å². The second-order valence-corrected chi connectivity index (χ2v) is 8.01. The third-order valence-electron chi connectivity index (χ3n) is 4.82. The van der Waals surface area contributed by atoms with Crippen LogP contribution in [0, 0.1) is 11.8 Å². The van der Waals surface area contributed by atoms with E-state index in [9.17, 15) is 0 Å². The van der Waals surface area contributed by atoms with E-state index in [1.165, 1.54) is 30.9 Å². The minimum atomic E-state index is 0. The van der Waals surface area contributed by atoms with Gasteiger partial charge in [0.05, 0.1) is 0 Å². The summed E-state index contributed by atoms with van der Waals surface area (Å²) in [5, 5.41) is 7.17. The topological polar surface area (TPSA) is 39.7 Å². The van der Waals surface area contributed by atoms with Crippen molar-refractivity contribution in [2.45, 2.75) is 45.7 Å². The fourth-order valence-electron chi connectivity index (χ4n) is 3.18. The molecule has 22 heavy (non-hydrogen) atoms. The molecule has 0 saturated carbocycles. The average Bonchev–Trinajstić information content (AvgIpc) is 2.86. The lowest BCUT2D eigenvalue weighted by atomic mass is 10.0. The monoisotopic (exact) mass is 440 g/mol. The molecule has 2 saturated heterocycles. The molecule has 2 unspecified atom stereocenters. The Kier molecular flexibility index (Phi) is 9.47. The van der Waals surface area contributed by atoms with Crippen molar-refractivity contribution in [3.05, 3.63) is 0 Å². The van der Waals surface area contributed by atoms with Gasteiger partial charge in [-0.05, 0) is 50.0 Å². The van der Waals surface area contributed by atoms with Crippen molar-refractivity contribution in [3.8, 4) is 0 Å². The molecule has 2 rings (SSSR count). The maximum absolute atomic E-state index is 4.41. The lowest BCUT2D eigenvalue weighted by Gasteiger charge is -2.25. The molecule has 4 nitrogen and oxygen atoms in total. The highest BCUT2D eigenvalue weighted by Crippen LogP contribution is 2.22. The quantitative estimate of drug-likeness (QED) is 0.401. The average molecular weight is 440 g/mol. The van der Waals surface area contributed by atoms with Crippen molar-refractivity contribution < 1.29 is 0 Å². The molecule has 0 aromatic carbocycles. The lowest BCUT2D eigenvalue weighted by molar-refractivity contribution is 0.265. The number of nitrogens with one attached hydrogen (secondary N) is 2. The Morgan fingerprint density at radius 3 is 2.50 bits per heavy atom. The minimum absolute atomic E-state index is 0. The molecule has 2 atom stereocenters. The van der Waals surface area contributed by atoms with Crippen molar-refractivity contribution in [1.29, 1.82) is 0 Å². The van der Waals surface area contributed by atoms with Gasteiger partial charge in [-0.1, -0.05) is 6.92 Å². The van der Waals surface area contributed by atoms with E-state index in [1.807, 2.05) is 7.05 Å². The van der Waals surface area contributed by atoms with Crippen molar-refractivity contribution >= 4 is 41.7 Å². The summed E-state index contributed by atoms with van der Waals surface area (Å²) in [5.74, 6) is 5.12. The largest absolute Gasteiger partial charge is 0.356 e. The number of aliphatic imine (C=N–C) groups is 1. The Morgan fingerprint density at radius 2 is 1.95 bits per heavy atom. The first-order valence-electron chi connectivity index (χ1n) is 8.39. The van der Waals surface area contributed by atoms with E-state index in [-0.39, 0.29) is 24.0 Å². The van der Waals surface area contributed by atoms with E-state index >= 15 is 0 Å². The highest BCUT2D eigenvalue weighted by molar-refractivity contribution is 14.0. The van der Waals surface area contributed by atoms with Crippen LogP contribution in [0.5, 0.6) is 0 Å². The van der Waals surface area contributed by atoms with E-state index < -0.39 is 0 Å². The van der Waals surface area contributed by atoms with Gasteiger partial charge in [0.1, 0.15) is 0 Å². The number of hydrogen-bond acceptors (Lipinski definition) is 3. The summed E-state index contributed by atoms with van der Waals surface area (Å²) >= 11 is 2.09. The van der Waals surface area contributed by atoms with Crippen LogP contribution in [0.15, 0.2) is 4.99 Å². The van der Waals surface area contributed by atoms with Gasteiger partial charge in [-0.15, -0.1) is 24.0 Å². The van der Waals surface area contributed by atoms with Crippen LogP contribution in [-0.2, 0) is 0 Å². The molecular weight excluding hydrogens is 407 g/mol. The van der Waals surface area contributed by atoms with Crippen LogP contribution in [0.3, 0.4) is 0 Å². The van der Waals surface area contributed by atoms with Crippen molar-refractivity contribution in [3.63, 3.8) is 0 Å². The highest BCUT2D eigenvalue weighted by Gasteiger charge is 2.31. The molecule has 2 fully saturated rings. The van der Waals surface area contributed by atoms with Crippen LogP contribution in [0.2, 0.25) is 0 Å². The van der Waals surface area contributed by atoms with Crippen LogP contribution < -0.4 is 10.6 Å². The van der Waals surface area contributed by atoms with E-state index in [0.717, 1.165) is 25.0 Å². The molecule has 2 aliphatic heterocycles. The highest BCUT2D eigenvalue weighted by atomic mass is 127. The minimum Gasteiger partial charge on any atom is -0.356 e. The zero-order valence-electron chi connectivity index (χ0n) is 14.5. The maximum Gasteiger partial charge on any atom is 0.191 e. The van der Waals surface area contributed by atoms with Gasteiger partial charge in [0.15, 0.2) is 5.96 Å². The summed E-state index contributed by atoms with van der Waals surface area (Å²) in [6, 6.07) is 1.15. The second-order valence-electron chi connectivity index (χ2n) is 6.78. The second kappa shape index (κ2) is 10.2. The fraction of sp³-hybridized carbons (Fsp3) is 0.938. The normalized spacial score (nSPS) is 27.8. The van der Waals surface area contributed by atoms with Gasteiger partial charge >= 0.3 is 0 Å². The molecule has 0 spiro atoms. The van der Waals surface area contributed by atoms with E-state index in [1.54, 1.807) is 0 Å². The Balaban J connectivity index is 0.00000242. The Labute approximate surface area is 157 Å². The number of guanidine groups is 1. The standard InChI is InChI=1S/C16H32N4S.HI/c1-12(2)20-10-13(3)15(11-20)19-16(17-4)18-9-14-5-7-21-8-6-14;/h12-15H,5-11H2,1-4H3,(H2,17,18,19);1H. The van der Waals surface area contributed by atoms with Gasteiger partial charge in [0.2, 0.25) is 0 Å². The molecule has 2 N–H and O–H groups in total. The zero-order chi connectivity index (χ0) is 15.2. The van der Waals surface area contributed by atoms with E-state index in [0.29, 0.717) is 18.0 Å².